The van der Waals surface area contributed by atoms with Crippen molar-refractivity contribution in [3.8, 4) is 16.5 Å². The van der Waals surface area contributed by atoms with Crippen LogP contribution in [0.5, 0.6) is 5.88 Å². The molecule has 0 bridgehead atoms. The number of benzene rings is 1. The maximum absolute atomic E-state index is 5.54. The van der Waals surface area contributed by atoms with E-state index >= 15 is 0 Å². The molecule has 0 saturated carbocycles. The summed E-state index contributed by atoms with van der Waals surface area (Å²) in [6.45, 7) is 2.56. The van der Waals surface area contributed by atoms with Crippen molar-refractivity contribution >= 4 is 21.6 Å². The Balaban J connectivity index is 2.13. The monoisotopic (exact) mass is 256 g/mol. The van der Waals surface area contributed by atoms with Crippen LogP contribution in [-0.2, 0) is 0 Å². The fourth-order valence-electron chi connectivity index (χ4n) is 1.79. The number of hydrogen-bond donors (Lipinski definition) is 0. The summed E-state index contributed by atoms with van der Waals surface area (Å²) in [5.41, 5.74) is 1.98. The second kappa shape index (κ2) is 4.74. The average Bonchev–Trinajstić information content (AvgIpc) is 2.83. The lowest BCUT2D eigenvalue weighted by Gasteiger charge is -2.05. The molecule has 3 aromatic rings. The Kier molecular flexibility index (Phi) is 2.94. The van der Waals surface area contributed by atoms with Crippen molar-refractivity contribution in [1.82, 2.24) is 9.97 Å². The van der Waals surface area contributed by atoms with E-state index in [1.807, 2.05) is 37.3 Å². The highest BCUT2D eigenvalue weighted by Gasteiger charge is 2.11. The van der Waals surface area contributed by atoms with Crippen LogP contribution in [0.4, 0.5) is 0 Å². The quantitative estimate of drug-likeness (QED) is 0.715. The molecule has 2 aromatic heterocycles. The van der Waals surface area contributed by atoms with Gasteiger partial charge in [0.2, 0.25) is 5.88 Å². The Morgan fingerprint density at radius 3 is 2.89 bits per heavy atom. The fourth-order valence-corrected chi connectivity index (χ4v) is 2.78. The van der Waals surface area contributed by atoms with Gasteiger partial charge in [0.15, 0.2) is 0 Å². The molecule has 0 aliphatic rings. The number of hydrogen-bond acceptors (Lipinski definition) is 4. The first-order valence-corrected chi connectivity index (χ1v) is 6.64. The normalized spacial score (nSPS) is 10.7. The van der Waals surface area contributed by atoms with Gasteiger partial charge in [0, 0.05) is 6.20 Å². The summed E-state index contributed by atoms with van der Waals surface area (Å²) in [5, 5.41) is 0.952. The Labute approximate surface area is 109 Å². The number of nitrogens with zero attached hydrogens (tertiary/aromatic N) is 2. The van der Waals surface area contributed by atoms with Crippen LogP contribution in [0.25, 0.3) is 20.8 Å². The minimum atomic E-state index is 0.606. The van der Waals surface area contributed by atoms with Crippen molar-refractivity contribution in [3.63, 3.8) is 0 Å². The smallest absolute Gasteiger partial charge is 0.223 e. The molecule has 90 valence electrons. The Morgan fingerprint density at radius 1 is 1.17 bits per heavy atom. The third-order valence-electron chi connectivity index (χ3n) is 2.58. The van der Waals surface area contributed by atoms with Crippen molar-refractivity contribution < 1.29 is 4.74 Å². The second-order valence-corrected chi connectivity index (χ2v) is 4.81. The van der Waals surface area contributed by atoms with Crippen LogP contribution in [-0.4, -0.2) is 16.6 Å². The van der Waals surface area contributed by atoms with Gasteiger partial charge in [-0.15, -0.1) is 11.3 Å². The van der Waals surface area contributed by atoms with Gasteiger partial charge in [0.05, 0.1) is 22.4 Å². The molecular formula is C14H12N2OS. The zero-order valence-electron chi connectivity index (χ0n) is 9.96. The summed E-state index contributed by atoms with van der Waals surface area (Å²) in [5.74, 6) is 0.652. The molecule has 0 aliphatic heterocycles. The first-order valence-electron chi connectivity index (χ1n) is 5.82. The van der Waals surface area contributed by atoms with Crippen LogP contribution in [0.15, 0.2) is 42.6 Å². The van der Waals surface area contributed by atoms with Gasteiger partial charge >= 0.3 is 0 Å². The van der Waals surface area contributed by atoms with E-state index in [4.69, 9.17) is 4.74 Å². The zero-order valence-corrected chi connectivity index (χ0v) is 10.8. The predicted octanol–water partition coefficient (Wildman–Crippen LogP) is 3.76. The summed E-state index contributed by atoms with van der Waals surface area (Å²) >= 11 is 1.66. The number of aromatic nitrogens is 2. The third kappa shape index (κ3) is 1.95. The highest BCUT2D eigenvalue weighted by atomic mass is 32.1. The van der Waals surface area contributed by atoms with Crippen LogP contribution in [0, 0.1) is 0 Å². The summed E-state index contributed by atoms with van der Waals surface area (Å²) in [7, 11) is 0. The van der Waals surface area contributed by atoms with Crippen molar-refractivity contribution in [2.24, 2.45) is 0 Å². The topological polar surface area (TPSA) is 35.0 Å². The molecule has 0 saturated heterocycles. The molecule has 0 radical (unpaired) electrons. The maximum Gasteiger partial charge on any atom is 0.223 e. The van der Waals surface area contributed by atoms with Gasteiger partial charge in [-0.3, -0.25) is 0 Å². The first kappa shape index (κ1) is 11.2. The third-order valence-corrected chi connectivity index (χ3v) is 3.65. The van der Waals surface area contributed by atoms with Gasteiger partial charge in [0.25, 0.3) is 0 Å². The molecule has 4 heteroatoms. The molecule has 0 unspecified atom stereocenters. The molecule has 0 fully saturated rings. The summed E-state index contributed by atoms with van der Waals surface area (Å²) in [4.78, 5) is 8.88. The number of para-hydroxylation sites is 1. The first-order chi connectivity index (χ1) is 8.88. The van der Waals surface area contributed by atoms with E-state index < -0.39 is 0 Å². The second-order valence-electron chi connectivity index (χ2n) is 3.78. The van der Waals surface area contributed by atoms with E-state index in [0.29, 0.717) is 12.5 Å². The van der Waals surface area contributed by atoms with Crippen molar-refractivity contribution in [3.05, 3.63) is 42.6 Å². The molecule has 0 amide bonds. The van der Waals surface area contributed by atoms with Gasteiger partial charge in [0.1, 0.15) is 5.01 Å². The van der Waals surface area contributed by atoms with Crippen LogP contribution in [0.3, 0.4) is 0 Å². The van der Waals surface area contributed by atoms with Crippen LogP contribution >= 0.6 is 11.3 Å². The molecular weight excluding hydrogens is 244 g/mol. The van der Waals surface area contributed by atoms with Crippen molar-refractivity contribution in [2.75, 3.05) is 6.61 Å². The zero-order chi connectivity index (χ0) is 12.4. The van der Waals surface area contributed by atoms with Gasteiger partial charge in [-0.2, -0.15) is 0 Å². The van der Waals surface area contributed by atoms with Gasteiger partial charge in [-0.1, -0.05) is 12.1 Å². The highest BCUT2D eigenvalue weighted by molar-refractivity contribution is 7.21. The average molecular weight is 256 g/mol. The lowest BCUT2D eigenvalue weighted by atomic mass is 10.3. The van der Waals surface area contributed by atoms with E-state index in [2.05, 4.69) is 16.0 Å². The summed E-state index contributed by atoms with van der Waals surface area (Å²) < 4.78 is 6.72. The van der Waals surface area contributed by atoms with Crippen LogP contribution < -0.4 is 4.74 Å². The minimum absolute atomic E-state index is 0.606. The van der Waals surface area contributed by atoms with E-state index in [1.165, 1.54) is 4.70 Å². The van der Waals surface area contributed by atoms with Crippen LogP contribution in [0.2, 0.25) is 0 Å². The van der Waals surface area contributed by atoms with Gasteiger partial charge < -0.3 is 4.74 Å². The molecule has 3 nitrogen and oxygen atoms in total. The molecule has 2 heterocycles. The van der Waals surface area contributed by atoms with Crippen molar-refractivity contribution in [1.29, 1.82) is 0 Å². The molecule has 18 heavy (non-hydrogen) atoms. The fraction of sp³-hybridized carbons (Fsp3) is 0.143. The Hall–Kier alpha value is -1.94. The number of rotatable bonds is 3. The molecule has 0 N–H and O–H groups in total. The Bertz CT molecular complexity index is 645. The lowest BCUT2D eigenvalue weighted by molar-refractivity contribution is 0.328. The maximum atomic E-state index is 5.54. The largest absolute Gasteiger partial charge is 0.477 e. The Morgan fingerprint density at radius 2 is 2.06 bits per heavy atom. The number of ether oxygens (including phenoxy) is 1. The van der Waals surface area contributed by atoms with E-state index in [0.717, 1.165) is 16.1 Å². The van der Waals surface area contributed by atoms with Crippen molar-refractivity contribution in [2.45, 2.75) is 6.92 Å². The molecule has 0 aliphatic carbocycles. The van der Waals surface area contributed by atoms with Crippen LogP contribution in [0.1, 0.15) is 6.92 Å². The number of fused-ring (bicyclic) bond motifs is 1. The molecule has 0 spiro atoms. The predicted molar refractivity (Wildman–Crippen MR) is 74.0 cm³/mol. The van der Waals surface area contributed by atoms with Gasteiger partial charge in [-0.05, 0) is 31.2 Å². The van der Waals surface area contributed by atoms with E-state index in [1.54, 1.807) is 17.5 Å². The number of thiazole rings is 1. The van der Waals surface area contributed by atoms with E-state index in [9.17, 15) is 0 Å². The van der Waals surface area contributed by atoms with E-state index in [-0.39, 0.29) is 0 Å². The molecule has 3 rings (SSSR count). The summed E-state index contributed by atoms with van der Waals surface area (Å²) in [6.07, 6.45) is 1.74. The molecule has 1 aromatic carbocycles. The molecule has 0 atom stereocenters. The number of pyridine rings is 1. The lowest BCUT2D eigenvalue weighted by Crippen LogP contribution is -1.96. The SMILES string of the molecule is CCOc1ncccc1-c1nc2ccccc2s1. The van der Waals surface area contributed by atoms with Gasteiger partial charge in [-0.25, -0.2) is 9.97 Å². The summed E-state index contributed by atoms with van der Waals surface area (Å²) in [6, 6.07) is 12.0. The highest BCUT2D eigenvalue weighted by Crippen LogP contribution is 2.34. The minimum Gasteiger partial charge on any atom is -0.477 e. The standard InChI is InChI=1S/C14H12N2OS/c1-2-17-13-10(6-5-9-15-13)14-16-11-7-3-4-8-12(11)18-14/h3-9H,2H2,1H3.